The van der Waals surface area contributed by atoms with E-state index in [1.165, 1.54) is 4.68 Å². The summed E-state index contributed by atoms with van der Waals surface area (Å²) >= 11 is 17.0. The Morgan fingerprint density at radius 1 is 1.07 bits per heavy atom. The molecule has 0 aliphatic heterocycles. The van der Waals surface area contributed by atoms with Crippen LogP contribution in [0.1, 0.15) is 54.2 Å². The van der Waals surface area contributed by atoms with Gasteiger partial charge in [-0.1, -0.05) is 61.6 Å². The van der Waals surface area contributed by atoms with Gasteiger partial charge in [0, 0.05) is 5.41 Å². The van der Waals surface area contributed by atoms with Gasteiger partial charge < -0.3 is 9.47 Å². The summed E-state index contributed by atoms with van der Waals surface area (Å²) in [5, 5.41) is 4.53. The molecule has 2 aromatic rings. The van der Waals surface area contributed by atoms with Crippen molar-refractivity contribution in [3.05, 3.63) is 47.3 Å². The fraction of sp³-hybridized carbons (Fsp3) is 0.421. The minimum absolute atomic E-state index is 0.153. The molecule has 0 saturated carbocycles. The van der Waals surface area contributed by atoms with Crippen molar-refractivity contribution in [3.63, 3.8) is 0 Å². The smallest absolute Gasteiger partial charge is 0.357 e. The maximum atomic E-state index is 12.6. The zero-order valence-corrected chi connectivity index (χ0v) is 18.2. The molecule has 6 nitrogen and oxygen atoms in total. The molecule has 0 amide bonds. The maximum absolute atomic E-state index is 12.6. The van der Waals surface area contributed by atoms with Crippen molar-refractivity contribution in [2.75, 3.05) is 13.2 Å². The standard InChI is InChI=1S/C19H21Cl3N2O4/c1-5-27-16(25)12-7-6-8-13(9-12)24-14(10-15(23-24)18(2,3)4)17(26)28-11-19(20,21)22/h6-10H,5,11H2,1-4H3. The highest BCUT2D eigenvalue weighted by atomic mass is 35.6. The van der Waals surface area contributed by atoms with Gasteiger partial charge in [0.1, 0.15) is 6.61 Å². The number of rotatable bonds is 5. The number of halogens is 3. The van der Waals surface area contributed by atoms with Crippen LogP contribution in [-0.2, 0) is 14.9 Å². The third-order valence-electron chi connectivity index (χ3n) is 3.66. The minimum Gasteiger partial charge on any atom is -0.462 e. The zero-order valence-electron chi connectivity index (χ0n) is 16.0. The van der Waals surface area contributed by atoms with Gasteiger partial charge in [0.25, 0.3) is 0 Å². The molecule has 0 spiro atoms. The van der Waals surface area contributed by atoms with Crippen LogP contribution < -0.4 is 0 Å². The van der Waals surface area contributed by atoms with Crippen molar-refractivity contribution in [1.82, 2.24) is 9.78 Å². The molecule has 2 rings (SSSR count). The van der Waals surface area contributed by atoms with Crippen LogP contribution in [-0.4, -0.2) is 38.7 Å². The van der Waals surface area contributed by atoms with Gasteiger partial charge in [-0.3, -0.25) is 0 Å². The van der Waals surface area contributed by atoms with E-state index in [0.29, 0.717) is 16.9 Å². The highest BCUT2D eigenvalue weighted by Gasteiger charge is 2.27. The molecule has 152 valence electrons. The van der Waals surface area contributed by atoms with Crippen LogP contribution in [0.2, 0.25) is 0 Å². The average molecular weight is 448 g/mol. The summed E-state index contributed by atoms with van der Waals surface area (Å²) in [5.74, 6) is -1.16. The second-order valence-corrected chi connectivity index (χ2v) is 9.55. The van der Waals surface area contributed by atoms with Crippen LogP contribution in [0.4, 0.5) is 0 Å². The molecule has 1 heterocycles. The van der Waals surface area contributed by atoms with E-state index < -0.39 is 22.3 Å². The van der Waals surface area contributed by atoms with Gasteiger partial charge in [0.15, 0.2) is 5.69 Å². The van der Waals surface area contributed by atoms with Crippen molar-refractivity contribution < 1.29 is 19.1 Å². The van der Waals surface area contributed by atoms with Crippen molar-refractivity contribution in [2.24, 2.45) is 0 Å². The molecule has 0 saturated heterocycles. The molecule has 0 aliphatic carbocycles. The minimum atomic E-state index is -1.73. The number of hydrogen-bond donors (Lipinski definition) is 0. The lowest BCUT2D eigenvalue weighted by molar-refractivity contribution is 0.0499. The van der Waals surface area contributed by atoms with Crippen molar-refractivity contribution in [3.8, 4) is 5.69 Å². The molecule has 9 heteroatoms. The van der Waals surface area contributed by atoms with Crippen molar-refractivity contribution in [1.29, 1.82) is 0 Å². The van der Waals surface area contributed by atoms with Gasteiger partial charge in [-0.2, -0.15) is 5.10 Å². The lowest BCUT2D eigenvalue weighted by Gasteiger charge is -2.14. The van der Waals surface area contributed by atoms with Crippen LogP contribution in [0.15, 0.2) is 30.3 Å². The number of carbonyl (C=O) groups is 2. The molecule has 0 unspecified atom stereocenters. The van der Waals surface area contributed by atoms with Gasteiger partial charge in [-0.15, -0.1) is 0 Å². The molecular weight excluding hydrogens is 427 g/mol. The number of hydrogen-bond acceptors (Lipinski definition) is 5. The van der Waals surface area contributed by atoms with Gasteiger partial charge in [-0.25, -0.2) is 14.3 Å². The third kappa shape index (κ3) is 5.87. The van der Waals surface area contributed by atoms with Crippen LogP contribution in [0.25, 0.3) is 5.69 Å². The third-order valence-corrected chi connectivity index (χ3v) is 3.98. The van der Waals surface area contributed by atoms with Crippen LogP contribution in [0, 0.1) is 0 Å². The molecule has 0 aliphatic rings. The second-order valence-electron chi connectivity index (χ2n) is 7.04. The molecule has 1 aromatic carbocycles. The topological polar surface area (TPSA) is 70.4 Å². The molecule has 0 N–H and O–H groups in total. The predicted octanol–water partition coefficient (Wildman–Crippen LogP) is 4.87. The number of alkyl halides is 3. The van der Waals surface area contributed by atoms with Gasteiger partial charge in [-0.05, 0) is 31.2 Å². The van der Waals surface area contributed by atoms with E-state index in [4.69, 9.17) is 44.3 Å². The summed E-state index contributed by atoms with van der Waals surface area (Å²) in [4.78, 5) is 24.6. The quantitative estimate of drug-likeness (QED) is 0.483. The second kappa shape index (κ2) is 8.72. The molecule has 28 heavy (non-hydrogen) atoms. The Balaban J connectivity index is 2.48. The number of esters is 2. The van der Waals surface area contributed by atoms with Crippen molar-refractivity contribution in [2.45, 2.75) is 36.9 Å². The monoisotopic (exact) mass is 446 g/mol. The maximum Gasteiger partial charge on any atom is 0.357 e. The lowest BCUT2D eigenvalue weighted by atomic mass is 9.92. The summed E-state index contributed by atoms with van der Waals surface area (Å²) < 4.78 is 9.82. The molecule has 1 aromatic heterocycles. The van der Waals surface area contributed by atoms with E-state index in [9.17, 15) is 9.59 Å². The van der Waals surface area contributed by atoms with Crippen LogP contribution >= 0.6 is 34.8 Å². The van der Waals surface area contributed by atoms with E-state index in [2.05, 4.69) is 5.10 Å². The summed E-state index contributed by atoms with van der Waals surface area (Å²) in [5.41, 5.74) is 1.33. The highest BCUT2D eigenvalue weighted by molar-refractivity contribution is 6.67. The zero-order chi connectivity index (χ0) is 21.1. The van der Waals surface area contributed by atoms with E-state index in [1.807, 2.05) is 20.8 Å². The van der Waals surface area contributed by atoms with Gasteiger partial charge in [0.05, 0.1) is 23.6 Å². The number of carbonyl (C=O) groups excluding carboxylic acids is 2. The van der Waals surface area contributed by atoms with E-state index in [-0.39, 0.29) is 17.7 Å². The molecule has 0 atom stereocenters. The first-order valence-corrected chi connectivity index (χ1v) is 9.67. The summed E-state index contributed by atoms with van der Waals surface area (Å²) in [6, 6.07) is 8.22. The van der Waals surface area contributed by atoms with Gasteiger partial charge in [0.2, 0.25) is 3.79 Å². The Bertz CT molecular complexity index is 867. The summed E-state index contributed by atoms with van der Waals surface area (Å²) in [6.45, 7) is 7.47. The summed E-state index contributed by atoms with van der Waals surface area (Å²) in [6.07, 6.45) is 0. The first-order valence-electron chi connectivity index (χ1n) is 8.54. The van der Waals surface area contributed by atoms with E-state index in [0.717, 1.165) is 0 Å². The first kappa shape index (κ1) is 22.5. The molecule has 0 radical (unpaired) electrons. The molecule has 0 bridgehead atoms. The average Bonchev–Trinajstić information content (AvgIpc) is 3.05. The SMILES string of the molecule is CCOC(=O)c1cccc(-n2nc(C(C)(C)C)cc2C(=O)OCC(Cl)(Cl)Cl)c1. The lowest BCUT2D eigenvalue weighted by Crippen LogP contribution is -2.19. The van der Waals surface area contributed by atoms with Crippen LogP contribution in [0.3, 0.4) is 0 Å². The Hall–Kier alpha value is -1.76. The van der Waals surface area contributed by atoms with Crippen LogP contribution in [0.5, 0.6) is 0 Å². The van der Waals surface area contributed by atoms with E-state index >= 15 is 0 Å². The Morgan fingerprint density at radius 3 is 2.32 bits per heavy atom. The highest BCUT2D eigenvalue weighted by Crippen LogP contribution is 2.28. The number of benzene rings is 1. The molecular formula is C19H21Cl3N2O4. The number of aromatic nitrogens is 2. The Kier molecular flexibility index (Phi) is 7.02. The Labute approximate surface area is 178 Å². The van der Waals surface area contributed by atoms with E-state index in [1.54, 1.807) is 37.3 Å². The molecule has 0 fully saturated rings. The number of nitrogens with zero attached hydrogens (tertiary/aromatic N) is 2. The Morgan fingerprint density at radius 2 is 1.75 bits per heavy atom. The summed E-state index contributed by atoms with van der Waals surface area (Å²) in [7, 11) is 0. The largest absolute Gasteiger partial charge is 0.462 e. The number of ether oxygens (including phenoxy) is 2. The first-order chi connectivity index (χ1) is 12.9. The predicted molar refractivity (Wildman–Crippen MR) is 109 cm³/mol. The van der Waals surface area contributed by atoms with Crippen molar-refractivity contribution >= 4 is 46.7 Å². The normalized spacial score (nSPS) is 12.0. The fourth-order valence-corrected chi connectivity index (χ4v) is 2.45. The fourth-order valence-electron chi connectivity index (χ4n) is 2.29. The van der Waals surface area contributed by atoms with Gasteiger partial charge >= 0.3 is 11.9 Å².